The number of nitrogens with one attached hydrogen (secondary N) is 1. The Labute approximate surface area is 191 Å². The van der Waals surface area contributed by atoms with Crippen LogP contribution < -0.4 is 10.2 Å². The highest BCUT2D eigenvalue weighted by Crippen LogP contribution is 2.28. The second kappa shape index (κ2) is 9.88. The monoisotopic (exact) mass is 436 g/mol. The number of piperidine rings is 2. The maximum atomic E-state index is 12.5. The first-order valence-corrected chi connectivity index (χ1v) is 12.1. The molecule has 32 heavy (non-hydrogen) atoms. The van der Waals surface area contributed by atoms with Crippen molar-refractivity contribution < 1.29 is 9.59 Å². The molecule has 1 atom stereocenters. The highest BCUT2D eigenvalue weighted by molar-refractivity contribution is 5.96. The van der Waals surface area contributed by atoms with Crippen molar-refractivity contribution >= 4 is 34.2 Å². The number of hydrogen-bond acceptors (Lipinski definition) is 4. The molecule has 0 spiro atoms. The van der Waals surface area contributed by atoms with Crippen LogP contribution in [0.2, 0.25) is 0 Å². The molecular formula is C26H36N4O2. The lowest BCUT2D eigenvalue weighted by Gasteiger charge is -2.31. The van der Waals surface area contributed by atoms with Crippen LogP contribution >= 0.6 is 0 Å². The fourth-order valence-electron chi connectivity index (χ4n) is 4.87. The largest absolute Gasteiger partial charge is 0.357 e. The Morgan fingerprint density at radius 1 is 1.03 bits per heavy atom. The molecule has 2 aromatic rings. The summed E-state index contributed by atoms with van der Waals surface area (Å²) in [5.41, 5.74) is 2.87. The van der Waals surface area contributed by atoms with Crippen molar-refractivity contribution in [3.63, 3.8) is 0 Å². The van der Waals surface area contributed by atoms with Gasteiger partial charge in [0.15, 0.2) is 0 Å². The Kier molecular flexibility index (Phi) is 6.97. The number of nitrogens with zero attached hydrogens (tertiary/aromatic N) is 3. The predicted octanol–water partition coefficient (Wildman–Crippen LogP) is 4.76. The minimum atomic E-state index is -0.118. The van der Waals surface area contributed by atoms with Gasteiger partial charge in [0.05, 0.1) is 5.52 Å². The second-order valence-corrected chi connectivity index (χ2v) is 9.83. The van der Waals surface area contributed by atoms with Crippen molar-refractivity contribution in [3.8, 4) is 0 Å². The lowest BCUT2D eigenvalue weighted by Crippen LogP contribution is -2.39. The van der Waals surface area contributed by atoms with Crippen LogP contribution in [0.15, 0.2) is 24.3 Å². The van der Waals surface area contributed by atoms with Crippen LogP contribution in [0.25, 0.3) is 10.9 Å². The predicted molar refractivity (Wildman–Crippen MR) is 130 cm³/mol. The van der Waals surface area contributed by atoms with Crippen LogP contribution in [0, 0.1) is 18.8 Å². The van der Waals surface area contributed by atoms with E-state index in [2.05, 4.69) is 37.1 Å². The van der Waals surface area contributed by atoms with Crippen molar-refractivity contribution in [2.75, 3.05) is 36.4 Å². The van der Waals surface area contributed by atoms with Gasteiger partial charge in [0, 0.05) is 50.1 Å². The van der Waals surface area contributed by atoms with Gasteiger partial charge in [-0.2, -0.15) is 0 Å². The summed E-state index contributed by atoms with van der Waals surface area (Å²) >= 11 is 0. The molecule has 1 aromatic heterocycles. The van der Waals surface area contributed by atoms with Gasteiger partial charge in [-0.1, -0.05) is 13.8 Å². The molecule has 2 fully saturated rings. The first-order chi connectivity index (χ1) is 15.4. The van der Waals surface area contributed by atoms with E-state index in [-0.39, 0.29) is 24.7 Å². The van der Waals surface area contributed by atoms with E-state index in [1.165, 1.54) is 19.3 Å². The molecule has 3 heterocycles. The summed E-state index contributed by atoms with van der Waals surface area (Å²) in [4.78, 5) is 34.1. The van der Waals surface area contributed by atoms with E-state index >= 15 is 0 Å². The van der Waals surface area contributed by atoms with E-state index in [9.17, 15) is 9.59 Å². The van der Waals surface area contributed by atoms with Crippen LogP contribution in [0.5, 0.6) is 0 Å². The van der Waals surface area contributed by atoms with Gasteiger partial charge in [-0.05, 0) is 74.3 Å². The van der Waals surface area contributed by atoms with Crippen molar-refractivity contribution in [2.45, 2.75) is 59.3 Å². The Morgan fingerprint density at radius 2 is 1.81 bits per heavy atom. The van der Waals surface area contributed by atoms with E-state index in [0.717, 1.165) is 66.5 Å². The van der Waals surface area contributed by atoms with Gasteiger partial charge in [-0.15, -0.1) is 0 Å². The number of amides is 2. The number of aromatic nitrogens is 1. The summed E-state index contributed by atoms with van der Waals surface area (Å²) in [6.45, 7) is 10.3. The molecule has 6 heteroatoms. The Hall–Kier alpha value is -2.63. The molecule has 0 aliphatic carbocycles. The molecule has 1 N–H and O–H groups in total. The van der Waals surface area contributed by atoms with Crippen LogP contribution in [0.1, 0.15) is 57.9 Å². The number of fused-ring (bicyclic) bond motifs is 1. The number of benzene rings is 1. The Balaban J connectivity index is 1.37. The van der Waals surface area contributed by atoms with Crippen molar-refractivity contribution in [1.29, 1.82) is 0 Å². The molecule has 1 aromatic carbocycles. The number of likely N-dealkylation sites (tertiary alicyclic amines) is 1. The highest BCUT2D eigenvalue weighted by atomic mass is 16.2. The average molecular weight is 437 g/mol. The van der Waals surface area contributed by atoms with Gasteiger partial charge in [-0.25, -0.2) is 4.98 Å². The maximum Gasteiger partial charge on any atom is 0.224 e. The fraction of sp³-hybridized carbons (Fsp3) is 0.577. The average Bonchev–Trinajstić information content (AvgIpc) is 2.78. The molecule has 1 unspecified atom stereocenters. The molecule has 6 nitrogen and oxygen atoms in total. The molecule has 0 saturated carbocycles. The van der Waals surface area contributed by atoms with E-state index in [1.54, 1.807) is 0 Å². The summed E-state index contributed by atoms with van der Waals surface area (Å²) in [6.07, 6.45) is 5.14. The van der Waals surface area contributed by atoms with E-state index in [4.69, 9.17) is 4.98 Å². The van der Waals surface area contributed by atoms with Crippen molar-refractivity contribution in [2.24, 2.45) is 11.8 Å². The molecule has 0 bridgehead atoms. The number of aryl methyl sites for hydroxylation is 1. The normalized spacial score (nSPS) is 19.9. The second-order valence-electron chi connectivity index (χ2n) is 9.83. The zero-order chi connectivity index (χ0) is 22.7. The third kappa shape index (κ3) is 5.40. The molecule has 172 valence electrons. The first-order valence-electron chi connectivity index (χ1n) is 12.1. The number of carbonyl (C=O) groups is 2. The topological polar surface area (TPSA) is 65.5 Å². The number of anilines is 2. The third-order valence-electron chi connectivity index (χ3n) is 6.97. The third-order valence-corrected chi connectivity index (χ3v) is 6.97. The van der Waals surface area contributed by atoms with E-state index in [1.807, 2.05) is 23.1 Å². The van der Waals surface area contributed by atoms with E-state index in [0.29, 0.717) is 5.92 Å². The Morgan fingerprint density at radius 3 is 2.56 bits per heavy atom. The standard InChI is InChI=1S/C26H36N4O2/c1-18-10-13-29(14-11-18)24-15-20(3)22-16-21(6-7-23(22)28-24)27-25(31)8-9-26(32)30-12-4-5-19(2)17-30/h6-7,15-16,18-19H,4-5,8-14,17H2,1-3H3,(H,27,31). The van der Waals surface area contributed by atoms with Crippen molar-refractivity contribution in [3.05, 3.63) is 29.8 Å². The maximum absolute atomic E-state index is 12.5. The molecular weight excluding hydrogens is 400 g/mol. The van der Waals surface area contributed by atoms with Gasteiger partial charge >= 0.3 is 0 Å². The van der Waals surface area contributed by atoms with Crippen LogP contribution in [0.3, 0.4) is 0 Å². The summed E-state index contributed by atoms with van der Waals surface area (Å²) in [6, 6.07) is 8.03. The lowest BCUT2D eigenvalue weighted by atomic mass is 9.99. The summed E-state index contributed by atoms with van der Waals surface area (Å²) in [5, 5.41) is 4.01. The van der Waals surface area contributed by atoms with Gasteiger partial charge in [0.25, 0.3) is 0 Å². The van der Waals surface area contributed by atoms with Gasteiger partial charge < -0.3 is 15.1 Å². The van der Waals surface area contributed by atoms with Gasteiger partial charge in [0.2, 0.25) is 11.8 Å². The quantitative estimate of drug-likeness (QED) is 0.734. The van der Waals surface area contributed by atoms with Gasteiger partial charge in [-0.3, -0.25) is 9.59 Å². The molecule has 0 radical (unpaired) electrons. The smallest absolute Gasteiger partial charge is 0.224 e. The minimum absolute atomic E-state index is 0.0879. The van der Waals surface area contributed by atoms with Crippen LogP contribution in [0.4, 0.5) is 11.5 Å². The number of pyridine rings is 1. The molecule has 2 amide bonds. The summed E-state index contributed by atoms with van der Waals surface area (Å²) in [7, 11) is 0. The summed E-state index contributed by atoms with van der Waals surface area (Å²) in [5.74, 6) is 2.36. The number of carbonyl (C=O) groups excluding carboxylic acids is 2. The lowest BCUT2D eigenvalue weighted by molar-refractivity contribution is -0.134. The first kappa shape index (κ1) is 22.6. The SMILES string of the molecule is Cc1cc(N2CCC(C)CC2)nc2ccc(NC(=O)CCC(=O)N3CCCC(C)C3)cc12. The van der Waals surface area contributed by atoms with Crippen LogP contribution in [-0.2, 0) is 9.59 Å². The Bertz CT molecular complexity index is 981. The van der Waals surface area contributed by atoms with Crippen LogP contribution in [-0.4, -0.2) is 47.9 Å². The summed E-state index contributed by atoms with van der Waals surface area (Å²) < 4.78 is 0. The molecule has 2 aliphatic rings. The fourth-order valence-corrected chi connectivity index (χ4v) is 4.87. The van der Waals surface area contributed by atoms with E-state index < -0.39 is 0 Å². The molecule has 4 rings (SSSR count). The minimum Gasteiger partial charge on any atom is -0.357 e. The van der Waals surface area contributed by atoms with Gasteiger partial charge in [0.1, 0.15) is 5.82 Å². The zero-order valence-electron chi connectivity index (χ0n) is 19.7. The molecule has 2 aliphatic heterocycles. The highest BCUT2D eigenvalue weighted by Gasteiger charge is 2.21. The van der Waals surface area contributed by atoms with Crippen molar-refractivity contribution in [1.82, 2.24) is 9.88 Å². The zero-order valence-corrected chi connectivity index (χ0v) is 19.7. The molecule has 2 saturated heterocycles. The number of rotatable bonds is 5. The number of hydrogen-bond donors (Lipinski definition) is 1.